The number of hydrogen-bond donors (Lipinski definition) is 1. The van der Waals surface area contributed by atoms with Crippen LogP contribution in [0, 0.1) is 0 Å². The largest absolute Gasteiger partial charge is 0.424 e. The van der Waals surface area contributed by atoms with Gasteiger partial charge in [0, 0.05) is 23.1 Å². The van der Waals surface area contributed by atoms with E-state index in [4.69, 9.17) is 27.9 Å². The zero-order valence-corrected chi connectivity index (χ0v) is 13.8. The Labute approximate surface area is 148 Å². The van der Waals surface area contributed by atoms with Crippen molar-refractivity contribution in [2.24, 2.45) is 0 Å². The van der Waals surface area contributed by atoms with Crippen molar-refractivity contribution in [1.29, 1.82) is 0 Å². The molecule has 1 aromatic heterocycles. The smallest absolute Gasteiger partial charge is 0.321 e. The molecule has 3 aromatic rings. The van der Waals surface area contributed by atoms with Crippen LogP contribution in [0.25, 0.3) is 0 Å². The van der Waals surface area contributed by atoms with Gasteiger partial charge in [0.15, 0.2) is 0 Å². The first kappa shape index (κ1) is 16.2. The topological polar surface area (TPSA) is 64.1 Å². The van der Waals surface area contributed by atoms with E-state index in [-0.39, 0.29) is 11.9 Å². The molecule has 120 valence electrons. The van der Waals surface area contributed by atoms with Crippen LogP contribution in [0.1, 0.15) is 10.4 Å². The molecule has 0 radical (unpaired) electrons. The van der Waals surface area contributed by atoms with E-state index in [0.29, 0.717) is 27.0 Å². The average Bonchev–Trinajstić information content (AvgIpc) is 2.59. The molecule has 0 unspecified atom stereocenters. The van der Waals surface area contributed by atoms with Crippen LogP contribution in [-0.2, 0) is 0 Å². The quantitative estimate of drug-likeness (QED) is 0.724. The molecule has 1 N–H and O–H groups in total. The normalized spacial score (nSPS) is 10.2. The highest BCUT2D eigenvalue weighted by Crippen LogP contribution is 2.23. The number of nitrogens with one attached hydrogen (secondary N) is 1. The summed E-state index contributed by atoms with van der Waals surface area (Å²) in [5.41, 5.74) is 0.902. The van der Waals surface area contributed by atoms with Crippen LogP contribution in [0.2, 0.25) is 10.0 Å². The summed E-state index contributed by atoms with van der Waals surface area (Å²) in [5, 5.41) is 3.52. The molecule has 5 nitrogen and oxygen atoms in total. The monoisotopic (exact) mass is 359 g/mol. The predicted molar refractivity (Wildman–Crippen MR) is 93.0 cm³/mol. The molecule has 0 atom stereocenters. The number of amides is 1. The Morgan fingerprint density at radius 2 is 1.71 bits per heavy atom. The Bertz CT molecular complexity index is 855. The number of nitrogens with zero attached hydrogens (tertiary/aromatic N) is 2. The zero-order chi connectivity index (χ0) is 16.9. The van der Waals surface area contributed by atoms with Gasteiger partial charge in [-0.1, -0.05) is 23.2 Å². The SMILES string of the molecule is O=C(Nc1ccc(Oc2ncccn2)cc1)c1cc(Cl)ccc1Cl. The molecule has 0 spiro atoms. The molecule has 1 heterocycles. The van der Waals surface area contributed by atoms with E-state index in [1.165, 1.54) is 6.07 Å². The maximum Gasteiger partial charge on any atom is 0.321 e. The number of halogens is 2. The van der Waals surface area contributed by atoms with Crippen LogP contribution in [0.3, 0.4) is 0 Å². The van der Waals surface area contributed by atoms with E-state index in [0.717, 1.165) is 0 Å². The van der Waals surface area contributed by atoms with Crippen molar-refractivity contribution in [3.8, 4) is 11.8 Å². The summed E-state index contributed by atoms with van der Waals surface area (Å²) >= 11 is 11.9. The molecule has 0 fully saturated rings. The number of rotatable bonds is 4. The number of carbonyl (C=O) groups is 1. The second kappa shape index (κ2) is 7.29. The van der Waals surface area contributed by atoms with Gasteiger partial charge < -0.3 is 10.1 Å². The lowest BCUT2D eigenvalue weighted by Crippen LogP contribution is -2.12. The van der Waals surface area contributed by atoms with E-state index in [9.17, 15) is 4.79 Å². The van der Waals surface area contributed by atoms with Gasteiger partial charge in [-0.15, -0.1) is 0 Å². The summed E-state index contributed by atoms with van der Waals surface area (Å²) in [4.78, 5) is 20.2. The number of ether oxygens (including phenoxy) is 1. The van der Waals surface area contributed by atoms with Crippen molar-refractivity contribution in [1.82, 2.24) is 9.97 Å². The highest BCUT2D eigenvalue weighted by molar-refractivity contribution is 6.36. The first-order valence-electron chi connectivity index (χ1n) is 6.93. The van der Waals surface area contributed by atoms with Crippen molar-refractivity contribution < 1.29 is 9.53 Å². The summed E-state index contributed by atoms with van der Waals surface area (Å²) in [6.07, 6.45) is 3.18. The highest BCUT2D eigenvalue weighted by atomic mass is 35.5. The summed E-state index contributed by atoms with van der Waals surface area (Å²) in [5.74, 6) is 0.211. The molecule has 3 rings (SSSR count). The Hall–Kier alpha value is -2.63. The molecule has 0 aliphatic carbocycles. The summed E-state index contributed by atoms with van der Waals surface area (Å²) in [6, 6.07) is 13.5. The predicted octanol–water partition coefficient (Wildman–Crippen LogP) is 4.83. The molecule has 2 aromatic carbocycles. The minimum Gasteiger partial charge on any atom is -0.424 e. The van der Waals surface area contributed by atoms with Crippen LogP contribution in [0.15, 0.2) is 60.9 Å². The minimum absolute atomic E-state index is 0.250. The van der Waals surface area contributed by atoms with Crippen LogP contribution in [0.4, 0.5) is 5.69 Å². The Morgan fingerprint density at radius 3 is 2.42 bits per heavy atom. The summed E-state index contributed by atoms with van der Waals surface area (Å²) in [6.45, 7) is 0. The fourth-order valence-corrected chi connectivity index (χ4v) is 2.30. The third-order valence-electron chi connectivity index (χ3n) is 3.04. The lowest BCUT2D eigenvalue weighted by atomic mass is 10.2. The molecule has 24 heavy (non-hydrogen) atoms. The van der Waals surface area contributed by atoms with Gasteiger partial charge in [-0.25, -0.2) is 9.97 Å². The van der Waals surface area contributed by atoms with Gasteiger partial charge >= 0.3 is 6.01 Å². The summed E-state index contributed by atoms with van der Waals surface area (Å²) < 4.78 is 5.48. The molecular weight excluding hydrogens is 349 g/mol. The first-order chi connectivity index (χ1) is 11.6. The van der Waals surface area contributed by atoms with E-state index in [2.05, 4.69) is 15.3 Å². The lowest BCUT2D eigenvalue weighted by Gasteiger charge is -2.08. The van der Waals surface area contributed by atoms with Gasteiger partial charge in [0.2, 0.25) is 0 Å². The lowest BCUT2D eigenvalue weighted by molar-refractivity contribution is 0.102. The molecule has 0 bridgehead atoms. The summed E-state index contributed by atoms with van der Waals surface area (Å²) in [7, 11) is 0. The maximum absolute atomic E-state index is 12.3. The van der Waals surface area contributed by atoms with Crippen molar-refractivity contribution >= 4 is 34.8 Å². The Balaban J connectivity index is 1.70. The Kier molecular flexibility index (Phi) is 4.93. The van der Waals surface area contributed by atoms with Crippen molar-refractivity contribution in [3.05, 3.63) is 76.5 Å². The number of carbonyl (C=O) groups excluding carboxylic acids is 1. The van der Waals surface area contributed by atoms with Gasteiger partial charge in [0.25, 0.3) is 5.91 Å². The average molecular weight is 360 g/mol. The minimum atomic E-state index is -0.345. The molecule has 1 amide bonds. The fraction of sp³-hybridized carbons (Fsp3) is 0. The number of anilines is 1. The second-order valence-electron chi connectivity index (χ2n) is 4.74. The molecule has 0 aliphatic rings. The van der Waals surface area contributed by atoms with Gasteiger partial charge in [-0.3, -0.25) is 4.79 Å². The highest BCUT2D eigenvalue weighted by Gasteiger charge is 2.11. The molecule has 7 heteroatoms. The molecular formula is C17H11Cl2N3O2. The Morgan fingerprint density at radius 1 is 1.00 bits per heavy atom. The van der Waals surface area contributed by atoms with Crippen molar-refractivity contribution in [2.45, 2.75) is 0 Å². The molecule has 0 saturated carbocycles. The van der Waals surface area contributed by atoms with Crippen molar-refractivity contribution in [2.75, 3.05) is 5.32 Å². The van der Waals surface area contributed by atoms with Gasteiger partial charge in [-0.2, -0.15) is 0 Å². The molecule has 0 aliphatic heterocycles. The maximum atomic E-state index is 12.3. The molecule has 0 saturated heterocycles. The fourth-order valence-electron chi connectivity index (χ4n) is 1.92. The van der Waals surface area contributed by atoms with E-state index >= 15 is 0 Å². The van der Waals surface area contributed by atoms with Gasteiger partial charge in [-0.05, 0) is 48.5 Å². The van der Waals surface area contributed by atoms with Crippen LogP contribution < -0.4 is 10.1 Å². The second-order valence-corrected chi connectivity index (χ2v) is 5.58. The van der Waals surface area contributed by atoms with E-state index in [1.807, 2.05) is 0 Å². The van der Waals surface area contributed by atoms with Gasteiger partial charge in [0.05, 0.1) is 10.6 Å². The zero-order valence-electron chi connectivity index (χ0n) is 12.2. The third kappa shape index (κ3) is 4.01. The van der Waals surface area contributed by atoms with Crippen LogP contribution in [-0.4, -0.2) is 15.9 Å². The van der Waals surface area contributed by atoms with E-state index in [1.54, 1.807) is 54.9 Å². The van der Waals surface area contributed by atoms with Crippen molar-refractivity contribution in [3.63, 3.8) is 0 Å². The first-order valence-corrected chi connectivity index (χ1v) is 7.69. The van der Waals surface area contributed by atoms with Crippen LogP contribution >= 0.6 is 23.2 Å². The standard InChI is InChI=1S/C17H11Cl2N3O2/c18-11-2-7-15(19)14(10-11)16(23)22-12-3-5-13(6-4-12)24-17-20-8-1-9-21-17/h1-10H,(H,22,23). The van der Waals surface area contributed by atoms with Crippen LogP contribution in [0.5, 0.6) is 11.8 Å². The number of aromatic nitrogens is 2. The van der Waals surface area contributed by atoms with Gasteiger partial charge in [0.1, 0.15) is 5.75 Å². The van der Waals surface area contributed by atoms with E-state index < -0.39 is 0 Å². The third-order valence-corrected chi connectivity index (χ3v) is 3.60. The number of hydrogen-bond acceptors (Lipinski definition) is 4. The number of benzene rings is 2.